The molecular formula is C16H15F3N2O3S. The lowest BCUT2D eigenvalue weighted by Crippen LogP contribution is -2.38. The maximum absolute atomic E-state index is 13.2. The van der Waals surface area contributed by atoms with E-state index in [9.17, 15) is 26.7 Å². The molecule has 1 aliphatic heterocycles. The molecule has 5 atom stereocenters. The average molecular weight is 372 g/mol. The largest absolute Gasteiger partial charge is 0.417 e. The fourth-order valence-electron chi connectivity index (χ4n) is 4.79. The SMILES string of the molecule is N#Cc1ccc(N2C[C@H]3[C@@H]4C[C@@H]([C@H]3S2(=O)=O)[C@H](O)C4)cc1C(F)(F)F. The zero-order valence-electron chi connectivity index (χ0n) is 12.9. The van der Waals surface area contributed by atoms with Crippen molar-refractivity contribution in [3.05, 3.63) is 29.3 Å². The maximum atomic E-state index is 13.2. The summed E-state index contributed by atoms with van der Waals surface area (Å²) in [7, 11) is -3.84. The van der Waals surface area contributed by atoms with Gasteiger partial charge in [0.1, 0.15) is 0 Å². The summed E-state index contributed by atoms with van der Waals surface area (Å²) in [5.74, 6) is -0.418. The standard InChI is InChI=1S/C16H15F3N2O3S/c17-16(18,19)13-5-10(2-1-8(13)6-20)21-7-12-9-3-11(14(22)4-9)15(12)25(21,23)24/h1-2,5,9,11-12,14-15,22H,3-4,7H2/t9-,11-,12+,14-,15-/m1/s1. The van der Waals surface area contributed by atoms with Crippen LogP contribution in [0.15, 0.2) is 18.2 Å². The van der Waals surface area contributed by atoms with E-state index in [-0.39, 0.29) is 30.0 Å². The van der Waals surface area contributed by atoms with Gasteiger partial charge in [-0.25, -0.2) is 8.42 Å². The molecule has 0 unspecified atom stereocenters. The highest BCUT2D eigenvalue weighted by molar-refractivity contribution is 7.93. The van der Waals surface area contributed by atoms with Gasteiger partial charge in [-0.2, -0.15) is 18.4 Å². The zero-order valence-corrected chi connectivity index (χ0v) is 13.8. The Balaban J connectivity index is 1.76. The number of nitrogens with zero attached hydrogens (tertiary/aromatic N) is 2. The van der Waals surface area contributed by atoms with Crippen LogP contribution >= 0.6 is 0 Å². The van der Waals surface area contributed by atoms with Gasteiger partial charge in [0.05, 0.1) is 34.2 Å². The Kier molecular flexibility index (Phi) is 3.41. The Hall–Kier alpha value is -1.79. The van der Waals surface area contributed by atoms with Gasteiger partial charge < -0.3 is 5.11 Å². The Labute approximate surface area is 142 Å². The monoisotopic (exact) mass is 372 g/mol. The highest BCUT2D eigenvalue weighted by Gasteiger charge is 2.62. The van der Waals surface area contributed by atoms with Crippen LogP contribution in [0.25, 0.3) is 0 Å². The van der Waals surface area contributed by atoms with Gasteiger partial charge in [0.15, 0.2) is 0 Å². The Morgan fingerprint density at radius 1 is 1.24 bits per heavy atom. The third-order valence-electron chi connectivity index (χ3n) is 5.81. The Morgan fingerprint density at radius 3 is 2.60 bits per heavy atom. The fraction of sp³-hybridized carbons (Fsp3) is 0.562. The van der Waals surface area contributed by atoms with Crippen LogP contribution in [-0.4, -0.2) is 31.4 Å². The van der Waals surface area contributed by atoms with Gasteiger partial charge in [-0.05, 0) is 42.9 Å². The van der Waals surface area contributed by atoms with E-state index in [1.807, 2.05) is 0 Å². The first-order valence-electron chi connectivity index (χ1n) is 7.95. The normalized spacial score (nSPS) is 35.6. The van der Waals surface area contributed by atoms with Crippen LogP contribution in [0.3, 0.4) is 0 Å². The molecule has 2 aliphatic carbocycles. The van der Waals surface area contributed by atoms with Gasteiger partial charge in [0.25, 0.3) is 0 Å². The number of aliphatic hydroxyl groups is 1. The molecule has 1 heterocycles. The quantitative estimate of drug-likeness (QED) is 0.819. The molecule has 3 aliphatic rings. The summed E-state index contributed by atoms with van der Waals surface area (Å²) in [4.78, 5) is 0. The molecule has 5 nitrogen and oxygen atoms in total. The summed E-state index contributed by atoms with van der Waals surface area (Å²) in [6, 6.07) is 4.47. The lowest BCUT2D eigenvalue weighted by Gasteiger charge is -2.26. The van der Waals surface area contributed by atoms with Gasteiger partial charge in [0, 0.05) is 12.5 Å². The minimum absolute atomic E-state index is 0.0744. The van der Waals surface area contributed by atoms with Gasteiger partial charge >= 0.3 is 6.18 Å². The number of nitriles is 1. The topological polar surface area (TPSA) is 81.4 Å². The van der Waals surface area contributed by atoms with E-state index in [4.69, 9.17) is 5.26 Å². The van der Waals surface area contributed by atoms with Crippen LogP contribution in [0.4, 0.5) is 18.9 Å². The van der Waals surface area contributed by atoms with Gasteiger partial charge in [-0.15, -0.1) is 0 Å². The van der Waals surface area contributed by atoms with Crippen molar-refractivity contribution in [3.63, 3.8) is 0 Å². The smallest absolute Gasteiger partial charge is 0.393 e. The summed E-state index contributed by atoms with van der Waals surface area (Å²) in [5.41, 5.74) is -1.75. The maximum Gasteiger partial charge on any atom is 0.417 e. The molecule has 1 N–H and O–H groups in total. The summed E-state index contributed by atoms with van der Waals surface area (Å²) in [6.45, 7) is 0.129. The highest BCUT2D eigenvalue weighted by Crippen LogP contribution is 2.56. The van der Waals surface area contributed by atoms with Crippen LogP contribution in [-0.2, 0) is 16.2 Å². The average Bonchev–Trinajstić information content (AvgIpc) is 3.15. The zero-order chi connectivity index (χ0) is 18.1. The van der Waals surface area contributed by atoms with E-state index >= 15 is 0 Å². The molecule has 1 saturated heterocycles. The number of fused-ring (bicyclic) bond motifs is 5. The number of aliphatic hydroxyl groups excluding tert-OH is 1. The minimum atomic E-state index is -4.74. The van der Waals surface area contributed by atoms with Crippen molar-refractivity contribution in [1.29, 1.82) is 5.26 Å². The summed E-state index contributed by atoms with van der Waals surface area (Å²) < 4.78 is 66.3. The molecule has 4 rings (SSSR count). The number of anilines is 1. The van der Waals surface area contributed by atoms with Crippen LogP contribution in [0, 0.1) is 29.1 Å². The van der Waals surface area contributed by atoms with E-state index < -0.39 is 38.7 Å². The second-order valence-electron chi connectivity index (χ2n) is 7.01. The van der Waals surface area contributed by atoms with Crippen molar-refractivity contribution in [3.8, 4) is 6.07 Å². The molecule has 0 aromatic heterocycles. The highest BCUT2D eigenvalue weighted by atomic mass is 32.2. The van der Waals surface area contributed by atoms with E-state index in [1.54, 1.807) is 0 Å². The molecule has 134 valence electrons. The molecule has 1 aromatic carbocycles. The molecule has 2 saturated carbocycles. The first-order valence-corrected chi connectivity index (χ1v) is 9.46. The third-order valence-corrected chi connectivity index (χ3v) is 8.17. The molecule has 25 heavy (non-hydrogen) atoms. The van der Waals surface area contributed by atoms with Crippen LogP contribution in [0.5, 0.6) is 0 Å². The van der Waals surface area contributed by atoms with Crippen LogP contribution < -0.4 is 4.31 Å². The molecule has 0 radical (unpaired) electrons. The van der Waals surface area contributed by atoms with Crippen LogP contribution in [0.2, 0.25) is 0 Å². The summed E-state index contributed by atoms with van der Waals surface area (Å²) >= 11 is 0. The fourth-order valence-corrected chi connectivity index (χ4v) is 7.35. The Morgan fingerprint density at radius 2 is 1.96 bits per heavy atom. The lowest BCUT2D eigenvalue weighted by atomic mass is 9.87. The second-order valence-corrected chi connectivity index (χ2v) is 9.02. The summed E-state index contributed by atoms with van der Waals surface area (Å²) in [6.07, 6.45) is -4.19. The molecule has 2 bridgehead atoms. The minimum Gasteiger partial charge on any atom is -0.393 e. The number of rotatable bonds is 1. The number of hydrogen-bond donors (Lipinski definition) is 1. The van der Waals surface area contributed by atoms with Gasteiger partial charge in [-0.3, -0.25) is 4.31 Å². The van der Waals surface area contributed by atoms with Crippen molar-refractivity contribution in [2.45, 2.75) is 30.4 Å². The van der Waals surface area contributed by atoms with E-state index in [1.165, 1.54) is 12.1 Å². The molecule has 0 amide bonds. The van der Waals surface area contributed by atoms with Crippen molar-refractivity contribution < 1.29 is 26.7 Å². The third kappa shape index (κ3) is 2.27. The number of hydrogen-bond acceptors (Lipinski definition) is 4. The van der Waals surface area contributed by atoms with Gasteiger partial charge in [-0.1, -0.05) is 0 Å². The predicted octanol–water partition coefficient (Wildman–Crippen LogP) is 2.11. The van der Waals surface area contributed by atoms with Crippen molar-refractivity contribution in [2.24, 2.45) is 17.8 Å². The molecule has 3 fully saturated rings. The molecular weight excluding hydrogens is 357 g/mol. The first-order chi connectivity index (χ1) is 11.6. The molecule has 0 spiro atoms. The molecule has 9 heteroatoms. The number of sulfonamides is 1. The van der Waals surface area contributed by atoms with Crippen LogP contribution in [0.1, 0.15) is 24.0 Å². The van der Waals surface area contributed by atoms with E-state index in [2.05, 4.69) is 0 Å². The predicted molar refractivity (Wildman–Crippen MR) is 81.9 cm³/mol. The number of halogens is 3. The van der Waals surface area contributed by atoms with Gasteiger partial charge in [0.2, 0.25) is 10.0 Å². The number of benzene rings is 1. The van der Waals surface area contributed by atoms with Crippen molar-refractivity contribution in [2.75, 3.05) is 10.8 Å². The molecule has 1 aromatic rings. The summed E-state index contributed by atoms with van der Waals surface area (Å²) in [5, 5.41) is 18.1. The lowest BCUT2D eigenvalue weighted by molar-refractivity contribution is -0.137. The van der Waals surface area contributed by atoms with E-state index in [0.29, 0.717) is 12.8 Å². The van der Waals surface area contributed by atoms with Crippen molar-refractivity contribution >= 4 is 15.7 Å². The van der Waals surface area contributed by atoms with Crippen molar-refractivity contribution in [1.82, 2.24) is 0 Å². The Bertz CT molecular complexity index is 878. The second kappa shape index (κ2) is 5.11. The number of alkyl halides is 3. The van der Waals surface area contributed by atoms with E-state index in [0.717, 1.165) is 16.4 Å². The first kappa shape index (κ1) is 16.7.